The van der Waals surface area contributed by atoms with Gasteiger partial charge in [-0.2, -0.15) is 4.31 Å². The Kier molecular flexibility index (Phi) is 4.82. The first-order chi connectivity index (χ1) is 13.5. The van der Waals surface area contributed by atoms with E-state index in [1.54, 1.807) is 36.7 Å². The van der Waals surface area contributed by atoms with Crippen LogP contribution in [0.4, 0.5) is 0 Å². The van der Waals surface area contributed by atoms with Crippen LogP contribution < -0.4 is 4.74 Å². The van der Waals surface area contributed by atoms with Crippen LogP contribution in [-0.4, -0.2) is 53.1 Å². The van der Waals surface area contributed by atoms with Crippen LogP contribution >= 0.6 is 0 Å². The summed E-state index contributed by atoms with van der Waals surface area (Å²) >= 11 is 0. The minimum Gasteiger partial charge on any atom is -0.497 e. The summed E-state index contributed by atoms with van der Waals surface area (Å²) in [6.07, 6.45) is 3.80. The SMILES string of the molecule is COc1ccc(S(=O)(=O)N2CCC(c3nnc(-c4cnc(C)cn4)o3)C2)cc1. The van der Waals surface area contributed by atoms with Crippen molar-refractivity contribution >= 4 is 10.0 Å². The van der Waals surface area contributed by atoms with Gasteiger partial charge in [-0.3, -0.25) is 4.98 Å². The summed E-state index contributed by atoms with van der Waals surface area (Å²) in [6, 6.07) is 6.35. The highest BCUT2D eigenvalue weighted by Gasteiger charge is 2.35. The topological polar surface area (TPSA) is 111 Å². The molecule has 1 unspecified atom stereocenters. The van der Waals surface area contributed by atoms with Crippen molar-refractivity contribution in [2.75, 3.05) is 20.2 Å². The predicted octanol–water partition coefficient (Wildman–Crippen LogP) is 2.02. The van der Waals surface area contributed by atoms with Gasteiger partial charge in [0.15, 0.2) is 0 Å². The molecule has 3 aromatic rings. The Morgan fingerprint density at radius 1 is 1.14 bits per heavy atom. The largest absolute Gasteiger partial charge is 0.497 e. The third-order valence-electron chi connectivity index (χ3n) is 4.64. The predicted molar refractivity (Wildman–Crippen MR) is 99.2 cm³/mol. The molecule has 0 aliphatic carbocycles. The molecule has 146 valence electrons. The summed E-state index contributed by atoms with van der Waals surface area (Å²) in [4.78, 5) is 8.62. The van der Waals surface area contributed by atoms with Crippen LogP contribution in [0.25, 0.3) is 11.6 Å². The van der Waals surface area contributed by atoms with Gasteiger partial charge in [-0.25, -0.2) is 13.4 Å². The van der Waals surface area contributed by atoms with Crippen molar-refractivity contribution in [2.24, 2.45) is 0 Å². The van der Waals surface area contributed by atoms with Crippen LogP contribution in [0.5, 0.6) is 5.75 Å². The van der Waals surface area contributed by atoms with E-state index in [0.717, 1.165) is 5.69 Å². The third-order valence-corrected chi connectivity index (χ3v) is 6.52. The third kappa shape index (κ3) is 3.48. The molecule has 28 heavy (non-hydrogen) atoms. The molecular formula is C18H19N5O4S. The highest BCUT2D eigenvalue weighted by molar-refractivity contribution is 7.89. The van der Waals surface area contributed by atoms with Crippen LogP contribution in [0.15, 0.2) is 46.0 Å². The van der Waals surface area contributed by atoms with Crippen molar-refractivity contribution in [3.05, 3.63) is 48.2 Å². The molecule has 2 aromatic heterocycles. The van der Waals surface area contributed by atoms with Crippen LogP contribution in [0.3, 0.4) is 0 Å². The molecule has 1 fully saturated rings. The number of benzene rings is 1. The Morgan fingerprint density at radius 3 is 2.61 bits per heavy atom. The zero-order valence-corrected chi connectivity index (χ0v) is 16.3. The van der Waals surface area contributed by atoms with Gasteiger partial charge in [-0.05, 0) is 37.6 Å². The van der Waals surface area contributed by atoms with Crippen molar-refractivity contribution in [1.82, 2.24) is 24.5 Å². The lowest BCUT2D eigenvalue weighted by Crippen LogP contribution is -2.28. The van der Waals surface area contributed by atoms with Gasteiger partial charge in [0.25, 0.3) is 5.89 Å². The van der Waals surface area contributed by atoms with E-state index < -0.39 is 10.0 Å². The molecule has 0 spiro atoms. The summed E-state index contributed by atoms with van der Waals surface area (Å²) in [5.74, 6) is 1.13. The molecule has 1 aliphatic heterocycles. The number of hydrogen-bond acceptors (Lipinski definition) is 8. The second-order valence-electron chi connectivity index (χ2n) is 6.51. The first kappa shape index (κ1) is 18.5. The average molecular weight is 401 g/mol. The Hall–Kier alpha value is -2.85. The zero-order valence-electron chi connectivity index (χ0n) is 15.4. The lowest BCUT2D eigenvalue weighted by molar-refractivity contribution is 0.414. The number of sulfonamides is 1. The molecular weight excluding hydrogens is 382 g/mol. The normalized spacial score (nSPS) is 17.7. The van der Waals surface area contributed by atoms with Crippen molar-refractivity contribution in [3.8, 4) is 17.3 Å². The fourth-order valence-electron chi connectivity index (χ4n) is 3.05. The number of ether oxygens (including phenoxy) is 1. The van der Waals surface area contributed by atoms with Gasteiger partial charge < -0.3 is 9.15 Å². The fourth-order valence-corrected chi connectivity index (χ4v) is 4.55. The van der Waals surface area contributed by atoms with Crippen LogP contribution in [0.1, 0.15) is 23.9 Å². The fraction of sp³-hybridized carbons (Fsp3) is 0.333. The summed E-state index contributed by atoms with van der Waals surface area (Å²) in [7, 11) is -2.05. The van der Waals surface area contributed by atoms with E-state index in [-0.39, 0.29) is 23.2 Å². The minimum atomic E-state index is -3.59. The van der Waals surface area contributed by atoms with Gasteiger partial charge in [0.05, 0.1) is 29.8 Å². The average Bonchev–Trinajstić information content (AvgIpc) is 3.38. The number of nitrogens with zero attached hydrogens (tertiary/aromatic N) is 5. The first-order valence-corrected chi connectivity index (χ1v) is 10.2. The Balaban J connectivity index is 1.50. The molecule has 9 nitrogen and oxygen atoms in total. The molecule has 1 aromatic carbocycles. The molecule has 3 heterocycles. The summed E-state index contributed by atoms with van der Waals surface area (Å²) in [6.45, 7) is 2.52. The number of hydrogen-bond donors (Lipinski definition) is 0. The second-order valence-corrected chi connectivity index (χ2v) is 8.45. The smallest absolute Gasteiger partial charge is 0.267 e. The number of aryl methyl sites for hydroxylation is 1. The Morgan fingerprint density at radius 2 is 1.93 bits per heavy atom. The van der Waals surface area contributed by atoms with Gasteiger partial charge >= 0.3 is 0 Å². The van der Waals surface area contributed by atoms with Crippen LogP contribution in [-0.2, 0) is 10.0 Å². The molecule has 1 saturated heterocycles. The monoisotopic (exact) mass is 401 g/mol. The highest BCUT2D eigenvalue weighted by atomic mass is 32.2. The summed E-state index contributed by atoms with van der Waals surface area (Å²) in [5, 5.41) is 8.11. The molecule has 10 heteroatoms. The van der Waals surface area contributed by atoms with Gasteiger partial charge in [0, 0.05) is 19.3 Å². The molecule has 0 radical (unpaired) electrons. The van der Waals surface area contributed by atoms with Crippen molar-refractivity contribution in [3.63, 3.8) is 0 Å². The number of methoxy groups -OCH3 is 1. The number of rotatable bonds is 5. The summed E-state index contributed by atoms with van der Waals surface area (Å²) in [5.41, 5.74) is 1.28. The summed E-state index contributed by atoms with van der Waals surface area (Å²) < 4.78 is 38.0. The van der Waals surface area contributed by atoms with E-state index in [1.807, 2.05) is 6.92 Å². The molecule has 0 saturated carbocycles. The highest BCUT2D eigenvalue weighted by Crippen LogP contribution is 2.31. The Bertz CT molecular complexity index is 1060. The second kappa shape index (κ2) is 7.28. The maximum Gasteiger partial charge on any atom is 0.267 e. The van der Waals surface area contributed by atoms with Gasteiger partial charge in [0.1, 0.15) is 11.4 Å². The van der Waals surface area contributed by atoms with Crippen LogP contribution in [0.2, 0.25) is 0 Å². The Labute approximate surface area is 162 Å². The van der Waals surface area contributed by atoms with Gasteiger partial charge in [-0.15, -0.1) is 10.2 Å². The molecule has 0 amide bonds. The van der Waals surface area contributed by atoms with E-state index in [9.17, 15) is 8.42 Å². The van der Waals surface area contributed by atoms with E-state index in [2.05, 4.69) is 20.2 Å². The standard InChI is InChI=1S/C18H19N5O4S/c1-12-9-20-16(10-19-12)18-22-21-17(27-18)13-7-8-23(11-13)28(24,25)15-5-3-14(26-2)4-6-15/h3-6,9-10,13H,7-8,11H2,1-2H3. The molecule has 1 atom stereocenters. The van der Waals surface area contributed by atoms with Crippen molar-refractivity contribution in [1.29, 1.82) is 0 Å². The lowest BCUT2D eigenvalue weighted by atomic mass is 10.1. The van der Waals surface area contributed by atoms with E-state index >= 15 is 0 Å². The molecule has 1 aliphatic rings. The molecule has 0 bridgehead atoms. The van der Waals surface area contributed by atoms with Gasteiger partial charge in [0.2, 0.25) is 15.9 Å². The van der Waals surface area contributed by atoms with E-state index in [0.29, 0.717) is 30.3 Å². The number of aromatic nitrogens is 4. The van der Waals surface area contributed by atoms with Gasteiger partial charge in [-0.1, -0.05) is 0 Å². The lowest BCUT2D eigenvalue weighted by Gasteiger charge is -2.16. The van der Waals surface area contributed by atoms with Crippen molar-refractivity contribution < 1.29 is 17.6 Å². The molecule has 4 rings (SSSR count). The maximum atomic E-state index is 12.9. The zero-order chi connectivity index (χ0) is 19.7. The minimum absolute atomic E-state index is 0.160. The quantitative estimate of drug-likeness (QED) is 0.638. The first-order valence-electron chi connectivity index (χ1n) is 8.74. The van der Waals surface area contributed by atoms with E-state index in [4.69, 9.17) is 9.15 Å². The van der Waals surface area contributed by atoms with Crippen molar-refractivity contribution in [2.45, 2.75) is 24.2 Å². The maximum absolute atomic E-state index is 12.9. The van der Waals surface area contributed by atoms with Crippen LogP contribution in [0, 0.1) is 6.92 Å². The molecule has 0 N–H and O–H groups in total. The van der Waals surface area contributed by atoms with E-state index in [1.165, 1.54) is 11.4 Å².